The maximum absolute atomic E-state index is 13.3. The Morgan fingerprint density at radius 1 is 1.08 bits per heavy atom. The van der Waals surface area contributed by atoms with Crippen LogP contribution in [-0.4, -0.2) is 22.8 Å². The maximum Gasteiger partial charge on any atom is 0.137 e. The van der Waals surface area contributed by atoms with Gasteiger partial charge in [0.05, 0.1) is 6.10 Å². The minimum Gasteiger partial charge on any atom is -0.393 e. The van der Waals surface area contributed by atoms with Gasteiger partial charge < -0.3 is 5.11 Å². The summed E-state index contributed by atoms with van der Waals surface area (Å²) < 4.78 is 0. The molecular formula is C21H32O3. The fourth-order valence-corrected chi connectivity index (χ4v) is 7.72. The van der Waals surface area contributed by atoms with Crippen LogP contribution in [0.15, 0.2) is 0 Å². The first kappa shape index (κ1) is 16.8. The van der Waals surface area contributed by atoms with E-state index in [0.29, 0.717) is 30.0 Å². The van der Waals surface area contributed by atoms with Gasteiger partial charge in [-0.2, -0.15) is 0 Å². The molecule has 0 aliphatic heterocycles. The molecule has 0 aromatic rings. The van der Waals surface area contributed by atoms with Crippen molar-refractivity contribution in [2.45, 2.75) is 78.2 Å². The van der Waals surface area contributed by atoms with Crippen LogP contribution in [0, 0.1) is 40.4 Å². The van der Waals surface area contributed by atoms with Crippen molar-refractivity contribution >= 4 is 11.6 Å². The monoisotopic (exact) mass is 332 g/mol. The number of carbonyl (C=O) groups excluding carboxylic acids is 2. The fourth-order valence-electron chi connectivity index (χ4n) is 7.72. The summed E-state index contributed by atoms with van der Waals surface area (Å²) in [5.74, 6) is 2.48. The van der Waals surface area contributed by atoms with Crippen molar-refractivity contribution in [3.63, 3.8) is 0 Å². The van der Waals surface area contributed by atoms with Crippen LogP contribution in [0.5, 0.6) is 0 Å². The van der Waals surface area contributed by atoms with Gasteiger partial charge >= 0.3 is 0 Å². The number of hydrogen-bond acceptors (Lipinski definition) is 3. The lowest BCUT2D eigenvalue weighted by molar-refractivity contribution is -0.162. The van der Waals surface area contributed by atoms with Crippen molar-refractivity contribution in [1.82, 2.24) is 0 Å². The number of hydrogen-bond donors (Lipinski definition) is 1. The quantitative estimate of drug-likeness (QED) is 0.795. The first-order chi connectivity index (χ1) is 11.3. The number of carbonyl (C=O) groups is 2. The molecule has 4 aliphatic carbocycles. The molecule has 8 atom stereocenters. The molecule has 0 radical (unpaired) electrons. The van der Waals surface area contributed by atoms with E-state index in [9.17, 15) is 14.7 Å². The van der Waals surface area contributed by atoms with E-state index in [1.807, 2.05) is 0 Å². The first-order valence-corrected chi connectivity index (χ1v) is 9.98. The van der Waals surface area contributed by atoms with Crippen molar-refractivity contribution in [3.8, 4) is 0 Å². The summed E-state index contributed by atoms with van der Waals surface area (Å²) in [5.41, 5.74) is -0.0175. The summed E-state index contributed by atoms with van der Waals surface area (Å²) in [6.45, 7) is 6.28. The topological polar surface area (TPSA) is 54.4 Å². The zero-order valence-electron chi connectivity index (χ0n) is 15.4. The zero-order valence-corrected chi connectivity index (χ0v) is 15.4. The van der Waals surface area contributed by atoms with E-state index in [0.717, 1.165) is 44.9 Å². The molecule has 0 spiro atoms. The van der Waals surface area contributed by atoms with Gasteiger partial charge in [-0.1, -0.05) is 13.8 Å². The van der Waals surface area contributed by atoms with Gasteiger partial charge in [0.2, 0.25) is 0 Å². The molecule has 3 nitrogen and oxygen atoms in total. The molecule has 134 valence electrons. The van der Waals surface area contributed by atoms with Crippen LogP contribution in [0.3, 0.4) is 0 Å². The van der Waals surface area contributed by atoms with Crippen LogP contribution in [-0.2, 0) is 9.59 Å². The Morgan fingerprint density at radius 3 is 2.54 bits per heavy atom. The molecule has 4 aliphatic rings. The average Bonchev–Trinajstić information content (AvgIpc) is 2.84. The second kappa shape index (κ2) is 5.40. The highest BCUT2D eigenvalue weighted by molar-refractivity contribution is 5.87. The van der Waals surface area contributed by atoms with Gasteiger partial charge in [0.15, 0.2) is 0 Å². The van der Waals surface area contributed by atoms with Gasteiger partial charge in [0.1, 0.15) is 11.6 Å². The summed E-state index contributed by atoms with van der Waals surface area (Å²) in [5, 5.41) is 10.1. The van der Waals surface area contributed by atoms with Gasteiger partial charge in [-0.3, -0.25) is 9.59 Å². The molecule has 0 heterocycles. The van der Waals surface area contributed by atoms with Crippen LogP contribution in [0.1, 0.15) is 72.1 Å². The number of aliphatic hydroxyl groups is 1. The van der Waals surface area contributed by atoms with Crippen LogP contribution in [0.2, 0.25) is 0 Å². The molecule has 4 rings (SSSR count). The van der Waals surface area contributed by atoms with E-state index in [1.54, 1.807) is 6.92 Å². The van der Waals surface area contributed by atoms with Crippen molar-refractivity contribution in [3.05, 3.63) is 0 Å². The SMILES string of the molecule is CC(=O)[C@@H]1CC[C@H]2[C@@H]3CC[C@H]4C[C@@H](O)CC[C@]4(C)[C@H]3C(=O)C[C@]12C. The molecular weight excluding hydrogens is 300 g/mol. The van der Waals surface area contributed by atoms with E-state index >= 15 is 0 Å². The van der Waals surface area contributed by atoms with E-state index in [1.165, 1.54) is 0 Å². The Labute approximate surface area is 145 Å². The second-order valence-corrected chi connectivity index (χ2v) is 9.85. The minimum atomic E-state index is -0.169. The highest BCUT2D eigenvalue weighted by Crippen LogP contribution is 2.66. The number of ketones is 2. The normalized spacial score (nSPS) is 53.9. The number of Topliss-reactive ketones (excluding diaryl/α,β-unsaturated/α-hetero) is 2. The van der Waals surface area contributed by atoms with E-state index in [2.05, 4.69) is 13.8 Å². The molecule has 0 aromatic heterocycles. The van der Waals surface area contributed by atoms with Crippen LogP contribution in [0.25, 0.3) is 0 Å². The Bertz CT molecular complexity index is 569. The Hall–Kier alpha value is -0.700. The Balaban J connectivity index is 1.68. The third-order valence-electron chi connectivity index (χ3n) is 8.81. The number of fused-ring (bicyclic) bond motifs is 5. The molecule has 0 aromatic carbocycles. The van der Waals surface area contributed by atoms with Crippen LogP contribution in [0.4, 0.5) is 0 Å². The highest BCUT2D eigenvalue weighted by Gasteiger charge is 2.63. The van der Waals surface area contributed by atoms with Crippen LogP contribution >= 0.6 is 0 Å². The standard InChI is InChI=1S/C21H32O3/c1-12(22)16-6-7-17-15-5-4-13-10-14(23)8-9-20(13,2)19(15)18(24)11-21(16,17)3/h13-17,19,23H,4-11H2,1-3H3/t13-,14-,15-,16-,17-,19+,20-,21+/m0/s1. The zero-order chi connectivity index (χ0) is 17.3. The van der Waals surface area contributed by atoms with E-state index in [4.69, 9.17) is 0 Å². The molecule has 4 saturated carbocycles. The third kappa shape index (κ3) is 2.12. The summed E-state index contributed by atoms with van der Waals surface area (Å²) in [7, 11) is 0. The Morgan fingerprint density at radius 2 is 1.83 bits per heavy atom. The molecule has 0 amide bonds. The fraction of sp³-hybridized carbons (Fsp3) is 0.905. The largest absolute Gasteiger partial charge is 0.393 e. The lowest BCUT2D eigenvalue weighted by Gasteiger charge is -2.59. The maximum atomic E-state index is 13.3. The summed E-state index contributed by atoms with van der Waals surface area (Å²) in [4.78, 5) is 25.5. The first-order valence-electron chi connectivity index (χ1n) is 9.98. The lowest BCUT2D eigenvalue weighted by atomic mass is 9.44. The van der Waals surface area contributed by atoms with Crippen molar-refractivity contribution in [2.75, 3.05) is 0 Å². The lowest BCUT2D eigenvalue weighted by Crippen LogP contribution is -2.58. The molecule has 0 saturated heterocycles. The van der Waals surface area contributed by atoms with Gasteiger partial charge in [0.25, 0.3) is 0 Å². The van der Waals surface area contributed by atoms with Gasteiger partial charge in [-0.15, -0.1) is 0 Å². The number of aliphatic hydroxyl groups excluding tert-OH is 1. The molecule has 0 unspecified atom stereocenters. The van der Waals surface area contributed by atoms with E-state index < -0.39 is 0 Å². The minimum absolute atomic E-state index is 0.0782. The molecule has 24 heavy (non-hydrogen) atoms. The Kier molecular flexibility index (Phi) is 3.77. The molecule has 1 N–H and O–H groups in total. The number of rotatable bonds is 1. The molecule has 0 bridgehead atoms. The smallest absolute Gasteiger partial charge is 0.137 e. The highest BCUT2D eigenvalue weighted by atomic mass is 16.3. The van der Waals surface area contributed by atoms with Crippen LogP contribution < -0.4 is 0 Å². The summed E-state index contributed by atoms with van der Waals surface area (Å²) in [6, 6.07) is 0. The summed E-state index contributed by atoms with van der Waals surface area (Å²) in [6.07, 6.45) is 7.53. The summed E-state index contributed by atoms with van der Waals surface area (Å²) >= 11 is 0. The van der Waals surface area contributed by atoms with Gasteiger partial charge in [-0.05, 0) is 80.5 Å². The van der Waals surface area contributed by atoms with E-state index in [-0.39, 0.29) is 34.6 Å². The predicted molar refractivity (Wildman–Crippen MR) is 92.3 cm³/mol. The van der Waals surface area contributed by atoms with Gasteiger partial charge in [-0.25, -0.2) is 0 Å². The predicted octanol–water partition coefficient (Wildman–Crippen LogP) is 3.77. The molecule has 3 heteroatoms. The van der Waals surface area contributed by atoms with Crippen molar-refractivity contribution < 1.29 is 14.7 Å². The molecule has 4 fully saturated rings. The van der Waals surface area contributed by atoms with Gasteiger partial charge in [0, 0.05) is 18.3 Å². The average molecular weight is 332 g/mol. The van der Waals surface area contributed by atoms with Crippen molar-refractivity contribution in [1.29, 1.82) is 0 Å². The van der Waals surface area contributed by atoms with Crippen molar-refractivity contribution in [2.24, 2.45) is 40.4 Å². The third-order valence-corrected chi connectivity index (χ3v) is 8.81. The second-order valence-electron chi connectivity index (χ2n) is 9.85.